The van der Waals surface area contributed by atoms with Crippen LogP contribution < -0.4 is 10.1 Å². The molecule has 3 rings (SSSR count). The number of rotatable bonds is 4. The Kier molecular flexibility index (Phi) is 4.78. The quantitative estimate of drug-likeness (QED) is 0.748. The van der Waals surface area contributed by atoms with Gasteiger partial charge in [0.1, 0.15) is 0 Å². The first kappa shape index (κ1) is 16.4. The Morgan fingerprint density at radius 2 is 2.12 bits per heavy atom. The van der Waals surface area contributed by atoms with Gasteiger partial charge in [-0.05, 0) is 36.8 Å². The number of hydrogen-bond donors (Lipinski definition) is 1. The number of thiophene rings is 1. The highest BCUT2D eigenvalue weighted by molar-refractivity contribution is 7.17. The van der Waals surface area contributed by atoms with Gasteiger partial charge >= 0.3 is 0 Å². The topological polar surface area (TPSA) is 64.1 Å². The number of nitrogens with zero attached hydrogens (tertiary/aromatic N) is 2. The third-order valence-electron chi connectivity index (χ3n) is 3.37. The summed E-state index contributed by atoms with van der Waals surface area (Å²) in [7, 11) is 1.55. The highest BCUT2D eigenvalue weighted by Crippen LogP contribution is 2.35. The van der Waals surface area contributed by atoms with Crippen molar-refractivity contribution in [1.29, 1.82) is 0 Å². The maximum absolute atomic E-state index is 12.4. The minimum Gasteiger partial charge on any atom is -0.481 e. The summed E-state index contributed by atoms with van der Waals surface area (Å²) in [6.07, 6.45) is 4.88. The first-order chi connectivity index (χ1) is 11.6. The van der Waals surface area contributed by atoms with Crippen molar-refractivity contribution in [3.63, 3.8) is 0 Å². The molecule has 122 valence electrons. The smallest absolute Gasteiger partial charge is 0.265 e. The van der Waals surface area contributed by atoms with Crippen molar-refractivity contribution >= 4 is 34.5 Å². The minimum absolute atomic E-state index is 0.172. The molecule has 0 aliphatic heterocycles. The number of anilines is 1. The molecule has 0 aliphatic carbocycles. The molecule has 0 bridgehead atoms. The number of nitrogens with one attached hydrogen (secondary N) is 1. The molecule has 0 radical (unpaired) electrons. The van der Waals surface area contributed by atoms with Crippen LogP contribution in [0, 0.1) is 6.92 Å². The van der Waals surface area contributed by atoms with Gasteiger partial charge in [0.05, 0.1) is 22.6 Å². The molecule has 1 N–H and O–H groups in total. The van der Waals surface area contributed by atoms with E-state index in [4.69, 9.17) is 16.3 Å². The number of aryl methyl sites for hydroxylation is 1. The second-order valence-electron chi connectivity index (χ2n) is 5.02. The summed E-state index contributed by atoms with van der Waals surface area (Å²) in [6, 6.07) is 7.17. The van der Waals surface area contributed by atoms with Gasteiger partial charge in [-0.1, -0.05) is 11.6 Å². The molecule has 1 amide bonds. The number of carbonyl (C=O) groups is 1. The van der Waals surface area contributed by atoms with Crippen LogP contribution in [0.3, 0.4) is 0 Å². The van der Waals surface area contributed by atoms with E-state index in [1.165, 1.54) is 17.5 Å². The van der Waals surface area contributed by atoms with E-state index < -0.39 is 0 Å². The van der Waals surface area contributed by atoms with Crippen LogP contribution in [0.2, 0.25) is 5.02 Å². The Labute approximate surface area is 148 Å². The lowest BCUT2D eigenvalue weighted by molar-refractivity contribution is 0.103. The molecule has 3 aromatic rings. The van der Waals surface area contributed by atoms with Crippen LogP contribution in [0.15, 0.2) is 42.9 Å². The first-order valence-electron chi connectivity index (χ1n) is 7.10. The third-order valence-corrected chi connectivity index (χ3v) is 4.70. The molecule has 24 heavy (non-hydrogen) atoms. The lowest BCUT2D eigenvalue weighted by Gasteiger charge is -2.06. The van der Waals surface area contributed by atoms with Gasteiger partial charge in [-0.3, -0.25) is 9.78 Å². The van der Waals surface area contributed by atoms with E-state index in [1.807, 2.05) is 13.0 Å². The monoisotopic (exact) mass is 359 g/mol. The van der Waals surface area contributed by atoms with Gasteiger partial charge in [-0.2, -0.15) is 0 Å². The van der Waals surface area contributed by atoms with Gasteiger partial charge in [0.2, 0.25) is 5.88 Å². The summed E-state index contributed by atoms with van der Waals surface area (Å²) in [4.78, 5) is 22.0. The largest absolute Gasteiger partial charge is 0.481 e. The van der Waals surface area contributed by atoms with Gasteiger partial charge in [0.25, 0.3) is 5.91 Å². The van der Waals surface area contributed by atoms with Crippen molar-refractivity contribution in [2.45, 2.75) is 6.92 Å². The summed E-state index contributed by atoms with van der Waals surface area (Å²) >= 11 is 7.37. The zero-order valence-corrected chi connectivity index (χ0v) is 14.6. The molecule has 3 heterocycles. The molecule has 0 aromatic carbocycles. The standard InChI is InChI=1S/C17H14ClN3O2S/c1-10-8-19-6-5-13(10)21-16(22)15-4-3-14(24-15)12-7-11(18)9-20-17(12)23-2/h3-9H,1-2H3,(H,19,21,22). The fourth-order valence-corrected chi connectivity index (χ4v) is 3.24. The lowest BCUT2D eigenvalue weighted by atomic mass is 10.2. The average molecular weight is 360 g/mol. The molecule has 0 atom stereocenters. The van der Waals surface area contributed by atoms with Crippen molar-refractivity contribution in [2.24, 2.45) is 0 Å². The zero-order valence-electron chi connectivity index (χ0n) is 13.0. The molecule has 0 unspecified atom stereocenters. The predicted molar refractivity (Wildman–Crippen MR) is 96.0 cm³/mol. The predicted octanol–water partition coefficient (Wildman–Crippen LogP) is 4.43. The number of halogens is 1. The normalized spacial score (nSPS) is 10.5. The van der Waals surface area contributed by atoms with Crippen molar-refractivity contribution in [2.75, 3.05) is 12.4 Å². The van der Waals surface area contributed by atoms with Gasteiger partial charge in [-0.15, -0.1) is 11.3 Å². The second-order valence-corrected chi connectivity index (χ2v) is 6.54. The Balaban J connectivity index is 1.87. The van der Waals surface area contributed by atoms with E-state index >= 15 is 0 Å². The third kappa shape index (κ3) is 3.39. The Hall–Kier alpha value is -2.44. The molecule has 0 saturated carbocycles. The van der Waals surface area contributed by atoms with Crippen LogP contribution >= 0.6 is 22.9 Å². The molecular formula is C17H14ClN3O2S. The lowest BCUT2D eigenvalue weighted by Crippen LogP contribution is -2.11. The Bertz CT molecular complexity index is 895. The molecule has 7 heteroatoms. The summed E-state index contributed by atoms with van der Waals surface area (Å²) in [5.74, 6) is 0.299. The van der Waals surface area contributed by atoms with E-state index in [9.17, 15) is 4.79 Å². The maximum atomic E-state index is 12.4. The summed E-state index contributed by atoms with van der Waals surface area (Å²) < 4.78 is 5.27. The number of carbonyl (C=O) groups excluding carboxylic acids is 1. The fraction of sp³-hybridized carbons (Fsp3) is 0.118. The van der Waals surface area contributed by atoms with Crippen LogP contribution in [0.5, 0.6) is 5.88 Å². The summed E-state index contributed by atoms with van der Waals surface area (Å²) in [5, 5.41) is 3.40. The molecule has 0 spiro atoms. The SMILES string of the molecule is COc1ncc(Cl)cc1-c1ccc(C(=O)Nc2ccncc2C)s1. The highest BCUT2D eigenvalue weighted by Gasteiger charge is 2.15. The second kappa shape index (κ2) is 6.98. The summed E-state index contributed by atoms with van der Waals surface area (Å²) in [6.45, 7) is 1.89. The van der Waals surface area contributed by atoms with Crippen molar-refractivity contribution in [3.8, 4) is 16.3 Å². The number of amides is 1. The fourth-order valence-electron chi connectivity index (χ4n) is 2.17. The highest BCUT2D eigenvalue weighted by atomic mass is 35.5. The number of hydrogen-bond acceptors (Lipinski definition) is 5. The van der Waals surface area contributed by atoms with Crippen molar-refractivity contribution in [1.82, 2.24) is 9.97 Å². The molecule has 3 aromatic heterocycles. The van der Waals surface area contributed by atoms with Gasteiger partial charge in [0, 0.05) is 29.2 Å². The molecular weight excluding hydrogens is 346 g/mol. The van der Waals surface area contributed by atoms with E-state index in [0.717, 1.165) is 21.7 Å². The summed E-state index contributed by atoms with van der Waals surface area (Å²) in [5.41, 5.74) is 2.41. The first-order valence-corrected chi connectivity index (χ1v) is 8.29. The van der Waals surface area contributed by atoms with E-state index in [2.05, 4.69) is 15.3 Å². The molecule has 5 nitrogen and oxygen atoms in total. The Morgan fingerprint density at radius 3 is 2.88 bits per heavy atom. The van der Waals surface area contributed by atoms with Crippen LogP contribution in [0.4, 0.5) is 5.69 Å². The Morgan fingerprint density at radius 1 is 1.29 bits per heavy atom. The molecule has 0 fully saturated rings. The van der Waals surface area contributed by atoms with E-state index in [1.54, 1.807) is 37.7 Å². The van der Waals surface area contributed by atoms with Crippen molar-refractivity contribution < 1.29 is 9.53 Å². The van der Waals surface area contributed by atoms with Crippen LogP contribution in [0.25, 0.3) is 10.4 Å². The van der Waals surface area contributed by atoms with Gasteiger partial charge < -0.3 is 10.1 Å². The molecule has 0 aliphatic rings. The van der Waals surface area contributed by atoms with E-state index in [-0.39, 0.29) is 5.91 Å². The number of aromatic nitrogens is 2. The van der Waals surface area contributed by atoms with Crippen LogP contribution in [0.1, 0.15) is 15.2 Å². The number of methoxy groups -OCH3 is 1. The average Bonchev–Trinajstić information content (AvgIpc) is 3.07. The number of pyridine rings is 2. The maximum Gasteiger partial charge on any atom is 0.265 e. The van der Waals surface area contributed by atoms with Crippen LogP contribution in [-0.2, 0) is 0 Å². The number of ether oxygens (including phenoxy) is 1. The zero-order chi connectivity index (χ0) is 17.1. The van der Waals surface area contributed by atoms with Gasteiger partial charge in [0.15, 0.2) is 0 Å². The molecule has 0 saturated heterocycles. The van der Waals surface area contributed by atoms with E-state index in [0.29, 0.717) is 15.8 Å². The van der Waals surface area contributed by atoms with Gasteiger partial charge in [-0.25, -0.2) is 4.98 Å². The van der Waals surface area contributed by atoms with Crippen LogP contribution in [-0.4, -0.2) is 23.0 Å². The van der Waals surface area contributed by atoms with Crippen molar-refractivity contribution in [3.05, 3.63) is 58.3 Å². The minimum atomic E-state index is -0.172.